The van der Waals surface area contributed by atoms with Gasteiger partial charge in [0.25, 0.3) is 0 Å². The molecule has 0 heterocycles. The number of unbranched alkanes of at least 4 members (excludes halogenated alkanes) is 1. The van der Waals surface area contributed by atoms with Crippen molar-refractivity contribution in [2.45, 2.75) is 37.6 Å². The van der Waals surface area contributed by atoms with Crippen LogP contribution < -0.4 is 10.5 Å². The van der Waals surface area contributed by atoms with Crippen LogP contribution in [0.4, 0.5) is 0 Å². The lowest BCUT2D eigenvalue weighted by Crippen LogP contribution is -2.48. The quantitative estimate of drug-likeness (QED) is 0.187. The number of aryl methyl sites for hydroxylation is 1. The molecule has 1 rings (SSSR count). The maximum atomic E-state index is 10.8. The van der Waals surface area contributed by atoms with Gasteiger partial charge in [0.05, 0.1) is 25.4 Å². The van der Waals surface area contributed by atoms with Crippen molar-refractivity contribution in [1.29, 1.82) is 0 Å². The molecule has 0 aliphatic rings. The van der Waals surface area contributed by atoms with Crippen LogP contribution in [0.15, 0.2) is 34.4 Å². The Morgan fingerprint density at radius 3 is 2.46 bits per heavy atom. The van der Waals surface area contributed by atoms with E-state index in [9.17, 15) is 9.67 Å². The summed E-state index contributed by atoms with van der Waals surface area (Å²) in [7, 11) is -4.61. The highest BCUT2D eigenvalue weighted by Crippen LogP contribution is 2.36. The number of ether oxygens (including phenoxy) is 1. The second-order valence-corrected chi connectivity index (χ2v) is 9.02. The van der Waals surface area contributed by atoms with Crippen LogP contribution >= 0.6 is 30.4 Å². The van der Waals surface area contributed by atoms with Gasteiger partial charge in [-0.15, -0.1) is 0 Å². The first-order valence-electron chi connectivity index (χ1n) is 8.28. The molecule has 0 fully saturated rings. The lowest BCUT2D eigenvalue weighted by molar-refractivity contribution is 0.102. The van der Waals surface area contributed by atoms with Crippen molar-refractivity contribution in [1.82, 2.24) is 0 Å². The summed E-state index contributed by atoms with van der Waals surface area (Å²) in [6, 6.07) is 7.55. The Hall–Kier alpha value is -0.480. The number of rotatable bonds is 13. The van der Waals surface area contributed by atoms with E-state index in [-0.39, 0.29) is 0 Å². The van der Waals surface area contributed by atoms with Crippen LogP contribution in [0.25, 0.3) is 0 Å². The Balaban J connectivity index is 2.41. The maximum absolute atomic E-state index is 10.8. The molecular formula is C17H27INO6P. The van der Waals surface area contributed by atoms with E-state index in [0.717, 1.165) is 34.2 Å². The number of hydrogen-bond acceptors (Lipinski definition) is 5. The van der Waals surface area contributed by atoms with E-state index in [0.29, 0.717) is 19.4 Å². The van der Waals surface area contributed by atoms with Gasteiger partial charge in [-0.3, -0.25) is 4.52 Å². The second-order valence-electron chi connectivity index (χ2n) is 6.25. The molecule has 0 bridgehead atoms. The molecule has 1 atom stereocenters. The third-order valence-electron chi connectivity index (χ3n) is 3.78. The lowest BCUT2D eigenvalue weighted by atomic mass is 9.94. The van der Waals surface area contributed by atoms with E-state index in [2.05, 4.69) is 33.7 Å². The van der Waals surface area contributed by atoms with E-state index in [4.69, 9.17) is 20.3 Å². The van der Waals surface area contributed by atoms with Gasteiger partial charge >= 0.3 is 7.82 Å². The van der Waals surface area contributed by atoms with Crippen molar-refractivity contribution in [2.24, 2.45) is 5.73 Å². The van der Waals surface area contributed by atoms with Crippen molar-refractivity contribution in [3.05, 3.63) is 40.0 Å². The van der Waals surface area contributed by atoms with Gasteiger partial charge in [-0.2, -0.15) is 0 Å². The van der Waals surface area contributed by atoms with Crippen LogP contribution in [0.5, 0.6) is 5.75 Å². The average molecular weight is 499 g/mol. The fourth-order valence-corrected chi connectivity index (χ4v) is 2.97. The van der Waals surface area contributed by atoms with Gasteiger partial charge in [-0.25, -0.2) is 4.57 Å². The predicted molar refractivity (Wildman–Crippen MR) is 109 cm³/mol. The minimum absolute atomic E-state index is 0.323. The topological polar surface area (TPSA) is 122 Å². The molecule has 0 unspecified atom stereocenters. The van der Waals surface area contributed by atoms with E-state index in [1.807, 2.05) is 24.3 Å². The molecular weight excluding hydrogens is 472 g/mol. The Morgan fingerprint density at radius 1 is 1.27 bits per heavy atom. The van der Waals surface area contributed by atoms with E-state index in [1.54, 1.807) is 0 Å². The number of halogens is 1. The van der Waals surface area contributed by atoms with Gasteiger partial charge in [0.1, 0.15) is 5.75 Å². The van der Waals surface area contributed by atoms with Gasteiger partial charge in [0.15, 0.2) is 0 Å². The zero-order chi connectivity index (χ0) is 19.6. The molecule has 7 nitrogen and oxygen atoms in total. The van der Waals surface area contributed by atoms with Crippen LogP contribution in [0.3, 0.4) is 0 Å². The molecule has 1 aromatic rings. The van der Waals surface area contributed by atoms with Crippen molar-refractivity contribution >= 4 is 30.4 Å². The zero-order valence-electron chi connectivity index (χ0n) is 14.6. The molecule has 0 spiro atoms. The zero-order valence-corrected chi connectivity index (χ0v) is 17.7. The van der Waals surface area contributed by atoms with Gasteiger partial charge in [0, 0.05) is 0 Å². The van der Waals surface area contributed by atoms with Crippen LogP contribution in [-0.4, -0.2) is 40.3 Å². The first-order valence-corrected chi connectivity index (χ1v) is 10.9. The molecule has 0 radical (unpaired) electrons. The first kappa shape index (κ1) is 23.6. The fraction of sp³-hybridized carbons (Fsp3) is 0.529. The highest BCUT2D eigenvalue weighted by atomic mass is 127. The fourth-order valence-electron chi connectivity index (χ4n) is 2.16. The Bertz CT molecular complexity index is 606. The molecule has 1 aromatic carbocycles. The smallest absolute Gasteiger partial charge is 0.469 e. The molecule has 0 saturated heterocycles. The summed E-state index contributed by atoms with van der Waals surface area (Å²) in [5, 5.41) is 9.40. The number of phosphoric acid groups is 1. The summed E-state index contributed by atoms with van der Waals surface area (Å²) in [4.78, 5) is 17.5. The molecule has 9 heteroatoms. The highest BCUT2D eigenvalue weighted by molar-refractivity contribution is 14.1. The number of allylic oxidation sites excluding steroid dienone is 1. The second kappa shape index (κ2) is 11.4. The monoisotopic (exact) mass is 499 g/mol. The number of aliphatic hydroxyl groups excluding tert-OH is 1. The van der Waals surface area contributed by atoms with Crippen molar-refractivity contribution < 1.29 is 28.7 Å². The van der Waals surface area contributed by atoms with E-state index < -0.39 is 26.6 Å². The Kier molecular flexibility index (Phi) is 10.3. The van der Waals surface area contributed by atoms with Crippen molar-refractivity contribution in [3.63, 3.8) is 0 Å². The SMILES string of the molecule is C=C(I)CCCCOc1ccc(CC[C@@](N)(CO)COP(=O)(O)O)cc1. The summed E-state index contributed by atoms with van der Waals surface area (Å²) < 4.78 is 22.0. The van der Waals surface area contributed by atoms with Crippen LogP contribution in [0, 0.1) is 0 Å². The number of hydrogen-bond donors (Lipinski definition) is 4. The molecule has 0 amide bonds. The number of phosphoric ester groups is 1. The molecule has 148 valence electrons. The van der Waals surface area contributed by atoms with Gasteiger partial charge in [-0.05, 0) is 76.0 Å². The number of benzene rings is 1. The Labute approximate surface area is 168 Å². The average Bonchev–Trinajstić information content (AvgIpc) is 2.58. The summed E-state index contributed by atoms with van der Waals surface area (Å²) in [6.45, 7) is 3.66. The van der Waals surface area contributed by atoms with Crippen molar-refractivity contribution in [3.8, 4) is 5.75 Å². The van der Waals surface area contributed by atoms with Crippen molar-refractivity contribution in [2.75, 3.05) is 19.8 Å². The molecule has 26 heavy (non-hydrogen) atoms. The van der Waals surface area contributed by atoms with Crippen LogP contribution in [0.2, 0.25) is 0 Å². The van der Waals surface area contributed by atoms with Gasteiger partial charge in [0.2, 0.25) is 0 Å². The molecule has 0 aromatic heterocycles. The first-order chi connectivity index (χ1) is 12.1. The summed E-state index contributed by atoms with van der Waals surface area (Å²) in [5.74, 6) is 0.785. The van der Waals surface area contributed by atoms with E-state index in [1.165, 1.54) is 0 Å². The van der Waals surface area contributed by atoms with Gasteiger partial charge < -0.3 is 25.4 Å². The Morgan fingerprint density at radius 2 is 1.92 bits per heavy atom. The molecule has 0 aliphatic carbocycles. The normalized spacial score (nSPS) is 14.0. The minimum Gasteiger partial charge on any atom is -0.494 e. The largest absolute Gasteiger partial charge is 0.494 e. The van der Waals surface area contributed by atoms with Crippen LogP contribution in [0.1, 0.15) is 31.2 Å². The third-order valence-corrected chi connectivity index (χ3v) is 4.79. The van der Waals surface area contributed by atoms with Crippen LogP contribution in [-0.2, 0) is 15.5 Å². The predicted octanol–water partition coefficient (Wildman–Crippen LogP) is 2.92. The molecule has 0 aliphatic heterocycles. The maximum Gasteiger partial charge on any atom is 0.469 e. The summed E-state index contributed by atoms with van der Waals surface area (Å²) >= 11 is 2.23. The lowest BCUT2D eigenvalue weighted by Gasteiger charge is -2.27. The third kappa shape index (κ3) is 10.6. The molecule has 5 N–H and O–H groups in total. The number of aliphatic hydroxyl groups is 1. The minimum atomic E-state index is -4.61. The molecule has 0 saturated carbocycles. The van der Waals surface area contributed by atoms with Gasteiger partial charge in [-0.1, -0.05) is 18.7 Å². The number of nitrogens with two attached hydrogens (primary N) is 1. The van der Waals surface area contributed by atoms with E-state index >= 15 is 0 Å². The standard InChI is InChI=1S/C17H27INO6P/c1-14(18)4-2-3-11-24-16-7-5-15(6-8-16)9-10-17(19,12-20)13-25-26(21,22)23/h5-8,20H,1-4,9-13,19H2,(H2,21,22,23)/t17-/m1/s1. The highest BCUT2D eigenvalue weighted by Gasteiger charge is 2.28. The summed E-state index contributed by atoms with van der Waals surface area (Å²) in [6.07, 6.45) is 3.88. The summed E-state index contributed by atoms with van der Waals surface area (Å²) in [5.41, 5.74) is 5.72.